The third-order valence-electron chi connectivity index (χ3n) is 6.38. The van der Waals surface area contributed by atoms with Gasteiger partial charge in [0.15, 0.2) is 9.84 Å². The highest BCUT2D eigenvalue weighted by molar-refractivity contribution is 7.90. The van der Waals surface area contributed by atoms with Crippen LogP contribution in [0.5, 0.6) is 0 Å². The van der Waals surface area contributed by atoms with E-state index in [1.165, 1.54) is 4.31 Å². The van der Waals surface area contributed by atoms with Crippen molar-refractivity contribution in [1.82, 2.24) is 9.21 Å². The van der Waals surface area contributed by atoms with Gasteiger partial charge in [-0.25, -0.2) is 16.8 Å². The van der Waals surface area contributed by atoms with Gasteiger partial charge in [-0.15, -0.1) is 0 Å². The van der Waals surface area contributed by atoms with E-state index < -0.39 is 19.9 Å². The van der Waals surface area contributed by atoms with Crippen molar-refractivity contribution in [2.75, 3.05) is 19.5 Å². The Morgan fingerprint density at radius 1 is 0.914 bits per heavy atom. The molecule has 35 heavy (non-hydrogen) atoms. The summed E-state index contributed by atoms with van der Waals surface area (Å²) in [6, 6.07) is 21.2. The van der Waals surface area contributed by atoms with E-state index in [0.29, 0.717) is 17.7 Å². The Morgan fingerprint density at radius 3 is 2.23 bits per heavy atom. The molecule has 1 aliphatic heterocycles. The van der Waals surface area contributed by atoms with Crippen LogP contribution in [0.3, 0.4) is 0 Å². The lowest BCUT2D eigenvalue weighted by Crippen LogP contribution is -2.34. The summed E-state index contributed by atoms with van der Waals surface area (Å²) >= 11 is 0. The molecule has 4 rings (SSSR count). The summed E-state index contributed by atoms with van der Waals surface area (Å²) in [5.74, 6) is 0. The zero-order chi connectivity index (χ0) is 25.4. The van der Waals surface area contributed by atoms with Crippen LogP contribution < -0.4 is 0 Å². The lowest BCUT2D eigenvalue weighted by Gasteiger charge is -2.27. The number of hydrogen-bond acceptors (Lipinski definition) is 6. The fourth-order valence-corrected chi connectivity index (χ4v) is 6.88. The minimum Gasteiger partial charge on any atom is -0.392 e. The summed E-state index contributed by atoms with van der Waals surface area (Å²) < 4.78 is 52.6. The van der Waals surface area contributed by atoms with E-state index >= 15 is 0 Å². The van der Waals surface area contributed by atoms with Crippen LogP contribution in [-0.4, -0.2) is 56.7 Å². The van der Waals surface area contributed by atoms with Gasteiger partial charge in [0.2, 0.25) is 10.0 Å². The van der Waals surface area contributed by atoms with Crippen molar-refractivity contribution >= 4 is 19.9 Å². The summed E-state index contributed by atoms with van der Waals surface area (Å²) in [6.07, 6.45) is 1.13. The average molecular weight is 515 g/mol. The fourth-order valence-electron chi connectivity index (χ4n) is 4.51. The molecule has 1 aliphatic rings. The normalized spacial score (nSPS) is 17.8. The van der Waals surface area contributed by atoms with E-state index in [2.05, 4.69) is 4.90 Å². The third kappa shape index (κ3) is 5.19. The second kappa shape index (κ2) is 9.83. The van der Waals surface area contributed by atoms with Gasteiger partial charge in [0.1, 0.15) is 0 Å². The molecule has 186 valence electrons. The van der Waals surface area contributed by atoms with Crippen molar-refractivity contribution in [2.45, 2.75) is 42.3 Å². The number of aliphatic hydroxyl groups is 1. The fraction of sp³-hybridized carbons (Fsp3) is 0.308. The van der Waals surface area contributed by atoms with Crippen molar-refractivity contribution in [3.63, 3.8) is 0 Å². The topological polar surface area (TPSA) is 95.0 Å². The van der Waals surface area contributed by atoms with Crippen LogP contribution in [-0.2, 0) is 26.5 Å². The quantitative estimate of drug-likeness (QED) is 0.517. The standard InChI is InChI=1S/C26H30N2O5S2/c1-19(2)28-18-27(35(32,33)24-10-5-4-6-11-24)16-25(28)22-9-7-8-20(14-22)21-12-13-23(17-29)26(15-21)34(3,30)31/h4-15,19,25,29H,16-18H2,1-3H3. The van der Waals surface area contributed by atoms with Crippen molar-refractivity contribution < 1.29 is 21.9 Å². The van der Waals surface area contributed by atoms with Crippen LogP contribution in [0.15, 0.2) is 82.6 Å². The molecule has 1 fully saturated rings. The molecule has 3 aromatic carbocycles. The SMILES string of the molecule is CC(C)N1CN(S(=O)(=O)c2ccccc2)CC1c1cccc(-c2ccc(CO)c(S(C)(=O)=O)c2)c1. The first-order valence-corrected chi connectivity index (χ1v) is 14.7. The Kier molecular flexibility index (Phi) is 7.17. The zero-order valence-corrected chi connectivity index (χ0v) is 21.6. The average Bonchev–Trinajstić information content (AvgIpc) is 3.31. The van der Waals surface area contributed by atoms with Gasteiger partial charge >= 0.3 is 0 Å². The number of benzene rings is 3. The molecule has 7 nitrogen and oxygen atoms in total. The van der Waals surface area contributed by atoms with E-state index in [9.17, 15) is 21.9 Å². The summed E-state index contributed by atoms with van der Waals surface area (Å²) in [4.78, 5) is 2.53. The maximum absolute atomic E-state index is 13.3. The Bertz CT molecular complexity index is 1420. The predicted molar refractivity (Wildman–Crippen MR) is 136 cm³/mol. The molecule has 0 radical (unpaired) electrons. The van der Waals surface area contributed by atoms with Gasteiger partial charge < -0.3 is 5.11 Å². The minimum absolute atomic E-state index is 0.104. The predicted octanol–water partition coefficient (Wildman–Crippen LogP) is 3.66. The molecule has 9 heteroatoms. The Hall–Kier alpha value is -2.56. The molecular formula is C26H30N2O5S2. The molecule has 0 amide bonds. The minimum atomic E-state index is -3.64. The maximum Gasteiger partial charge on any atom is 0.244 e. The first kappa shape index (κ1) is 25.5. The highest BCUT2D eigenvalue weighted by atomic mass is 32.2. The molecule has 0 saturated carbocycles. The van der Waals surface area contributed by atoms with Crippen LogP contribution in [0.1, 0.15) is 31.0 Å². The smallest absolute Gasteiger partial charge is 0.244 e. The summed E-state index contributed by atoms with van der Waals surface area (Å²) in [6.45, 7) is 4.33. The molecule has 1 heterocycles. The number of nitrogens with zero attached hydrogens (tertiary/aromatic N) is 2. The molecule has 1 saturated heterocycles. The second-order valence-electron chi connectivity index (χ2n) is 9.10. The number of hydrogen-bond donors (Lipinski definition) is 1. The van der Waals surface area contributed by atoms with Gasteiger partial charge in [-0.2, -0.15) is 4.31 Å². The van der Waals surface area contributed by atoms with E-state index in [-0.39, 0.29) is 35.2 Å². The van der Waals surface area contributed by atoms with Gasteiger partial charge in [0.05, 0.1) is 29.1 Å². The first-order chi connectivity index (χ1) is 16.5. The van der Waals surface area contributed by atoms with Gasteiger partial charge in [0, 0.05) is 18.8 Å². The number of rotatable bonds is 7. The van der Waals surface area contributed by atoms with Crippen LogP contribution in [0.4, 0.5) is 0 Å². The van der Waals surface area contributed by atoms with Gasteiger partial charge in [-0.3, -0.25) is 4.90 Å². The van der Waals surface area contributed by atoms with Crippen LogP contribution >= 0.6 is 0 Å². The van der Waals surface area contributed by atoms with Crippen molar-refractivity contribution in [1.29, 1.82) is 0 Å². The number of sulfonamides is 1. The molecule has 1 unspecified atom stereocenters. The van der Waals surface area contributed by atoms with E-state index in [0.717, 1.165) is 17.4 Å². The van der Waals surface area contributed by atoms with Crippen LogP contribution in [0, 0.1) is 0 Å². The number of sulfone groups is 1. The highest BCUT2D eigenvalue weighted by Gasteiger charge is 2.39. The molecule has 3 aromatic rings. The number of aliphatic hydroxyl groups excluding tert-OH is 1. The lowest BCUT2D eigenvalue weighted by molar-refractivity contribution is 0.199. The van der Waals surface area contributed by atoms with E-state index in [1.807, 2.05) is 38.1 Å². The molecular weight excluding hydrogens is 484 g/mol. The van der Waals surface area contributed by atoms with Crippen molar-refractivity contribution in [3.8, 4) is 11.1 Å². The molecule has 0 spiro atoms. The Labute approximate surface area is 207 Å². The zero-order valence-electron chi connectivity index (χ0n) is 20.0. The van der Waals surface area contributed by atoms with Crippen molar-refractivity contribution in [3.05, 3.63) is 83.9 Å². The molecule has 0 aromatic heterocycles. The second-order valence-corrected chi connectivity index (χ2v) is 13.0. The third-order valence-corrected chi connectivity index (χ3v) is 9.38. The maximum atomic E-state index is 13.3. The van der Waals surface area contributed by atoms with Crippen LogP contribution in [0.2, 0.25) is 0 Å². The van der Waals surface area contributed by atoms with Gasteiger partial charge in [-0.1, -0.05) is 48.5 Å². The Balaban J connectivity index is 1.71. The van der Waals surface area contributed by atoms with Gasteiger partial charge in [-0.05, 0) is 60.4 Å². The molecule has 0 aliphatic carbocycles. The summed E-state index contributed by atoms with van der Waals surface area (Å²) in [5.41, 5.74) is 2.85. The Morgan fingerprint density at radius 2 is 1.60 bits per heavy atom. The first-order valence-electron chi connectivity index (χ1n) is 11.4. The molecule has 1 N–H and O–H groups in total. The lowest BCUT2D eigenvalue weighted by atomic mass is 9.98. The largest absolute Gasteiger partial charge is 0.392 e. The van der Waals surface area contributed by atoms with Gasteiger partial charge in [0.25, 0.3) is 0 Å². The van der Waals surface area contributed by atoms with Crippen molar-refractivity contribution in [2.24, 2.45) is 0 Å². The monoisotopic (exact) mass is 514 g/mol. The molecule has 1 atom stereocenters. The summed E-state index contributed by atoms with van der Waals surface area (Å²) in [7, 11) is -7.15. The van der Waals surface area contributed by atoms with E-state index in [4.69, 9.17) is 0 Å². The van der Waals surface area contributed by atoms with Crippen LogP contribution in [0.25, 0.3) is 11.1 Å². The highest BCUT2D eigenvalue weighted by Crippen LogP contribution is 2.35. The summed E-state index contributed by atoms with van der Waals surface area (Å²) in [5, 5.41) is 9.56. The molecule has 0 bridgehead atoms. The van der Waals surface area contributed by atoms with E-state index in [1.54, 1.807) is 48.5 Å².